The molecule has 0 aliphatic carbocycles. The maximum absolute atomic E-state index is 12.3. The van der Waals surface area contributed by atoms with Crippen LogP contribution in [0.15, 0.2) is 60.7 Å². The van der Waals surface area contributed by atoms with Gasteiger partial charge in [-0.05, 0) is 24.1 Å². The predicted molar refractivity (Wildman–Crippen MR) is 86.0 cm³/mol. The first kappa shape index (κ1) is 14.5. The fraction of sp³-hybridized carbons (Fsp3) is 0.118. The zero-order chi connectivity index (χ0) is 14.4. The molecule has 0 aromatic heterocycles. The fourth-order valence-electron chi connectivity index (χ4n) is 1.83. The summed E-state index contributed by atoms with van der Waals surface area (Å²) in [5.74, 6) is -0.534. The van der Waals surface area contributed by atoms with E-state index >= 15 is 0 Å². The minimum Gasteiger partial charge on any atom is -0.455 e. The molecule has 0 aliphatic rings. The first-order chi connectivity index (χ1) is 9.66. The number of ether oxygens (including phenoxy) is 1. The second kappa shape index (κ2) is 7.02. The minimum absolute atomic E-state index is 0.217. The predicted octanol–water partition coefficient (Wildman–Crippen LogP) is 3.99. The van der Waals surface area contributed by atoms with E-state index in [0.717, 1.165) is 11.1 Å². The van der Waals surface area contributed by atoms with Gasteiger partial charge in [-0.1, -0.05) is 69.9 Å². The van der Waals surface area contributed by atoms with Crippen LogP contribution in [0.5, 0.6) is 0 Å². The van der Waals surface area contributed by atoms with Gasteiger partial charge < -0.3 is 4.74 Å². The topological polar surface area (TPSA) is 26.3 Å². The fourth-order valence-corrected chi connectivity index (χ4v) is 1.95. The molecule has 0 saturated heterocycles. The van der Waals surface area contributed by atoms with Crippen LogP contribution in [-0.2, 0) is 9.53 Å². The van der Waals surface area contributed by atoms with Crippen molar-refractivity contribution in [3.05, 3.63) is 71.8 Å². The molecule has 102 valence electrons. The van der Waals surface area contributed by atoms with Gasteiger partial charge in [-0.15, -0.1) is 0 Å². The Kier molecular flexibility index (Phi) is 5.09. The first-order valence-corrected chi connectivity index (χ1v) is 7.12. The molecular formula is C17H17O2P. The van der Waals surface area contributed by atoms with Crippen LogP contribution < -0.4 is 0 Å². The summed E-state index contributed by atoms with van der Waals surface area (Å²) in [6, 6.07) is 19.3. The highest BCUT2D eigenvalue weighted by molar-refractivity contribution is 7.17. The van der Waals surface area contributed by atoms with Crippen LogP contribution in [0.1, 0.15) is 18.1 Å². The lowest BCUT2D eigenvalue weighted by molar-refractivity contribution is -0.137. The Morgan fingerprint density at radius 2 is 1.60 bits per heavy atom. The second-order valence-corrected chi connectivity index (χ2v) is 5.38. The molecule has 0 radical (unpaired) electrons. The third-order valence-electron chi connectivity index (χ3n) is 2.71. The van der Waals surface area contributed by atoms with Crippen LogP contribution in [0.2, 0.25) is 0 Å². The maximum atomic E-state index is 12.3. The average Bonchev–Trinajstić information content (AvgIpc) is 2.46. The Morgan fingerprint density at radius 1 is 1.05 bits per heavy atom. The van der Waals surface area contributed by atoms with Gasteiger partial charge >= 0.3 is 5.97 Å². The van der Waals surface area contributed by atoms with Gasteiger partial charge in [-0.25, -0.2) is 4.79 Å². The highest BCUT2D eigenvalue weighted by Crippen LogP contribution is 2.21. The van der Waals surface area contributed by atoms with E-state index in [1.54, 1.807) is 0 Å². The van der Waals surface area contributed by atoms with Crippen molar-refractivity contribution in [2.45, 2.75) is 12.8 Å². The van der Waals surface area contributed by atoms with Crippen molar-refractivity contribution in [1.29, 1.82) is 0 Å². The summed E-state index contributed by atoms with van der Waals surface area (Å²) >= 11 is 0. The van der Waals surface area contributed by atoms with Gasteiger partial charge in [0.25, 0.3) is 0 Å². The summed E-state index contributed by atoms with van der Waals surface area (Å²) < 4.78 is 5.29. The molecule has 0 aliphatic heterocycles. The van der Waals surface area contributed by atoms with E-state index in [1.807, 2.05) is 73.7 Å². The summed E-state index contributed by atoms with van der Waals surface area (Å²) in [5, 5.41) is 0. The molecule has 0 fully saturated rings. The zero-order valence-corrected chi connectivity index (χ0v) is 12.5. The van der Waals surface area contributed by atoms with E-state index in [4.69, 9.17) is 4.74 Å². The lowest BCUT2D eigenvalue weighted by Crippen LogP contribution is -2.11. The molecule has 2 unspecified atom stereocenters. The monoisotopic (exact) mass is 284 g/mol. The number of esters is 1. The number of hydrogen-bond acceptors (Lipinski definition) is 2. The quantitative estimate of drug-likeness (QED) is 0.367. The molecule has 2 atom stereocenters. The van der Waals surface area contributed by atoms with Crippen molar-refractivity contribution in [1.82, 2.24) is 0 Å². The van der Waals surface area contributed by atoms with Crippen LogP contribution in [0.3, 0.4) is 0 Å². The van der Waals surface area contributed by atoms with Gasteiger partial charge in [0.05, 0.1) is 5.57 Å². The molecule has 0 N–H and O–H groups in total. The van der Waals surface area contributed by atoms with E-state index in [1.165, 1.54) is 0 Å². The summed E-state index contributed by atoms with van der Waals surface area (Å²) in [6.07, 6.45) is 1.85. The average molecular weight is 284 g/mol. The number of hydrogen-bond donors (Lipinski definition) is 0. The largest absolute Gasteiger partial charge is 0.455 e. The Labute approximate surface area is 121 Å². The number of rotatable bonds is 4. The van der Waals surface area contributed by atoms with Crippen LogP contribution in [-0.4, -0.2) is 11.8 Å². The second-order valence-electron chi connectivity index (χ2n) is 4.45. The summed E-state index contributed by atoms with van der Waals surface area (Å²) in [7, 11) is 2.46. The molecule has 0 amide bonds. The molecule has 20 heavy (non-hydrogen) atoms. The molecule has 3 heteroatoms. The molecular weight excluding hydrogens is 267 g/mol. The van der Waals surface area contributed by atoms with Crippen molar-refractivity contribution in [2.75, 3.05) is 0 Å². The number of carbonyl (C=O) groups excluding carboxylic acids is 1. The van der Waals surface area contributed by atoms with Crippen molar-refractivity contribution < 1.29 is 9.53 Å². The van der Waals surface area contributed by atoms with Gasteiger partial charge in [0.1, 0.15) is 5.85 Å². The smallest absolute Gasteiger partial charge is 0.339 e. The van der Waals surface area contributed by atoms with E-state index in [2.05, 4.69) is 9.24 Å². The Balaban J connectivity index is 2.40. The highest BCUT2D eigenvalue weighted by Gasteiger charge is 2.14. The van der Waals surface area contributed by atoms with Crippen molar-refractivity contribution in [3.63, 3.8) is 0 Å². The van der Waals surface area contributed by atoms with E-state index < -0.39 is 0 Å². The van der Waals surface area contributed by atoms with Crippen molar-refractivity contribution in [2.24, 2.45) is 0 Å². The maximum Gasteiger partial charge on any atom is 0.339 e. The number of carbonyl (C=O) groups is 1. The SMILES string of the molecule is CC(P)OC(=O)/C(=C\c1ccccc1)c1ccccc1. The Bertz CT molecular complexity index is 589. The lowest BCUT2D eigenvalue weighted by Gasteiger charge is -2.11. The Morgan fingerprint density at radius 3 is 2.15 bits per heavy atom. The van der Waals surface area contributed by atoms with Gasteiger partial charge in [-0.2, -0.15) is 0 Å². The highest BCUT2D eigenvalue weighted by atomic mass is 31.0. The third-order valence-corrected chi connectivity index (χ3v) is 2.84. The molecule has 2 aromatic carbocycles. The standard InChI is InChI=1S/C17H17O2P/c1-13(20)19-17(18)16(15-10-6-3-7-11-15)12-14-8-4-2-5-9-14/h2-13H,20H2,1H3/b16-12-. The van der Waals surface area contributed by atoms with Gasteiger partial charge in [0.2, 0.25) is 0 Å². The van der Waals surface area contributed by atoms with Gasteiger partial charge in [0.15, 0.2) is 0 Å². The summed E-state index contributed by atoms with van der Waals surface area (Å²) in [5.41, 5.74) is 2.39. The van der Waals surface area contributed by atoms with Gasteiger partial charge in [-0.3, -0.25) is 0 Å². The Hall–Kier alpha value is -1.92. The van der Waals surface area contributed by atoms with E-state index in [0.29, 0.717) is 5.57 Å². The normalized spacial score (nSPS) is 12.8. The third kappa shape index (κ3) is 4.04. The zero-order valence-electron chi connectivity index (χ0n) is 11.3. The minimum atomic E-state index is -0.317. The van der Waals surface area contributed by atoms with E-state index in [9.17, 15) is 4.79 Å². The molecule has 2 nitrogen and oxygen atoms in total. The number of benzene rings is 2. The molecule has 2 aromatic rings. The molecule has 0 bridgehead atoms. The first-order valence-electron chi connectivity index (χ1n) is 6.45. The van der Waals surface area contributed by atoms with Gasteiger partial charge in [0, 0.05) is 0 Å². The van der Waals surface area contributed by atoms with E-state index in [-0.39, 0.29) is 11.8 Å². The van der Waals surface area contributed by atoms with Crippen LogP contribution in [0, 0.1) is 0 Å². The molecule has 2 rings (SSSR count). The summed E-state index contributed by atoms with van der Waals surface area (Å²) in [6.45, 7) is 1.81. The van der Waals surface area contributed by atoms with Crippen LogP contribution >= 0.6 is 9.24 Å². The molecule has 0 spiro atoms. The van der Waals surface area contributed by atoms with Crippen molar-refractivity contribution >= 4 is 26.9 Å². The van der Waals surface area contributed by atoms with Crippen LogP contribution in [0.4, 0.5) is 0 Å². The van der Waals surface area contributed by atoms with Crippen LogP contribution in [0.25, 0.3) is 11.6 Å². The summed E-state index contributed by atoms with van der Waals surface area (Å²) in [4.78, 5) is 12.3. The van der Waals surface area contributed by atoms with Crippen molar-refractivity contribution in [3.8, 4) is 0 Å². The molecule has 0 saturated carbocycles. The molecule has 0 heterocycles. The lowest BCUT2D eigenvalue weighted by atomic mass is 10.0.